The van der Waals surface area contributed by atoms with Crippen LogP contribution in [-0.4, -0.2) is 35.1 Å². The third kappa shape index (κ3) is 2.18. The normalized spacial score (nSPS) is 11.5. The van der Waals surface area contributed by atoms with Crippen molar-refractivity contribution in [3.8, 4) is 0 Å². The molecule has 1 amide bonds. The van der Waals surface area contributed by atoms with Crippen molar-refractivity contribution in [2.45, 2.75) is 26.3 Å². The molecule has 0 spiro atoms. The molecule has 84 valence electrons. The lowest BCUT2D eigenvalue weighted by Crippen LogP contribution is -2.50. The van der Waals surface area contributed by atoms with Crippen molar-refractivity contribution in [1.29, 1.82) is 0 Å². The Kier molecular flexibility index (Phi) is 3.14. The van der Waals surface area contributed by atoms with E-state index in [1.807, 2.05) is 13.8 Å². The van der Waals surface area contributed by atoms with Crippen LogP contribution < -0.4 is 5.73 Å². The lowest BCUT2D eigenvalue weighted by atomic mass is 10.0. The van der Waals surface area contributed by atoms with Gasteiger partial charge >= 0.3 is 0 Å². The van der Waals surface area contributed by atoms with Crippen molar-refractivity contribution in [3.63, 3.8) is 0 Å². The Balaban J connectivity index is 2.92. The Labute approximate surface area is 89.2 Å². The molecule has 0 fully saturated rings. The van der Waals surface area contributed by atoms with Gasteiger partial charge in [0.2, 0.25) is 0 Å². The minimum atomic E-state index is -0.374. The molecule has 5 nitrogen and oxygen atoms in total. The van der Waals surface area contributed by atoms with Crippen molar-refractivity contribution in [3.05, 3.63) is 17.5 Å². The van der Waals surface area contributed by atoms with Crippen LogP contribution in [0.1, 0.15) is 30.0 Å². The number of carbonyl (C=O) groups excluding carboxylic acids is 1. The Hall–Kier alpha value is -1.36. The first-order valence-corrected chi connectivity index (χ1v) is 4.79. The number of nitrogens with two attached hydrogens (primary N) is 1. The maximum atomic E-state index is 12.0. The highest BCUT2D eigenvalue weighted by Crippen LogP contribution is 2.16. The van der Waals surface area contributed by atoms with E-state index in [0.717, 1.165) is 0 Å². The van der Waals surface area contributed by atoms with Crippen LogP contribution in [0.3, 0.4) is 0 Å². The van der Waals surface area contributed by atoms with Gasteiger partial charge < -0.3 is 15.2 Å². The smallest absolute Gasteiger partial charge is 0.259 e. The molecule has 0 aliphatic heterocycles. The minimum Gasteiger partial charge on any atom is -0.361 e. The van der Waals surface area contributed by atoms with Gasteiger partial charge in [0.15, 0.2) is 0 Å². The fraction of sp³-hybridized carbons (Fsp3) is 0.600. The van der Waals surface area contributed by atoms with E-state index in [-0.39, 0.29) is 11.4 Å². The second-order valence-corrected chi connectivity index (χ2v) is 4.18. The Morgan fingerprint density at radius 2 is 2.27 bits per heavy atom. The summed E-state index contributed by atoms with van der Waals surface area (Å²) in [6.45, 7) is 5.94. The Morgan fingerprint density at radius 1 is 1.67 bits per heavy atom. The van der Waals surface area contributed by atoms with Gasteiger partial charge in [-0.15, -0.1) is 0 Å². The van der Waals surface area contributed by atoms with Gasteiger partial charge in [0, 0.05) is 19.1 Å². The number of hydrogen-bond acceptors (Lipinski definition) is 4. The van der Waals surface area contributed by atoms with Gasteiger partial charge in [-0.25, -0.2) is 0 Å². The summed E-state index contributed by atoms with van der Waals surface area (Å²) in [5.74, 6) is 0.406. The molecule has 0 aliphatic carbocycles. The number of hydrogen-bond donors (Lipinski definition) is 1. The second-order valence-electron chi connectivity index (χ2n) is 4.18. The molecule has 2 N–H and O–H groups in total. The van der Waals surface area contributed by atoms with Gasteiger partial charge in [-0.1, -0.05) is 5.16 Å². The van der Waals surface area contributed by atoms with Crippen molar-refractivity contribution in [2.24, 2.45) is 5.73 Å². The van der Waals surface area contributed by atoms with Gasteiger partial charge in [0.25, 0.3) is 5.91 Å². The number of aromatic nitrogens is 1. The highest BCUT2D eigenvalue weighted by Gasteiger charge is 2.28. The van der Waals surface area contributed by atoms with Crippen LogP contribution in [0.5, 0.6) is 0 Å². The predicted molar refractivity (Wildman–Crippen MR) is 56.5 cm³/mol. The summed E-state index contributed by atoms with van der Waals surface area (Å²) >= 11 is 0. The summed E-state index contributed by atoms with van der Waals surface area (Å²) in [6.07, 6.45) is 1.43. The summed E-state index contributed by atoms with van der Waals surface area (Å²) in [5.41, 5.74) is 5.71. The van der Waals surface area contributed by atoms with Crippen molar-refractivity contribution >= 4 is 5.91 Å². The molecule has 15 heavy (non-hydrogen) atoms. The molecule has 0 atom stereocenters. The standard InChI is InChI=1S/C10H17N3O2/c1-7-8(5-12-15-7)9(14)13(4)10(2,3)6-11/h5H,6,11H2,1-4H3. The third-order valence-corrected chi connectivity index (χ3v) is 2.69. The highest BCUT2D eigenvalue weighted by molar-refractivity contribution is 5.95. The molecule has 0 aliphatic rings. The zero-order valence-electron chi connectivity index (χ0n) is 9.57. The van der Waals surface area contributed by atoms with E-state index in [1.54, 1.807) is 18.9 Å². The van der Waals surface area contributed by atoms with Gasteiger partial charge in [0.1, 0.15) is 11.3 Å². The number of aryl methyl sites for hydroxylation is 1. The van der Waals surface area contributed by atoms with Crippen LogP contribution in [0.4, 0.5) is 0 Å². The van der Waals surface area contributed by atoms with E-state index in [9.17, 15) is 4.79 Å². The molecule has 1 aromatic heterocycles. The van der Waals surface area contributed by atoms with Crippen LogP contribution in [-0.2, 0) is 0 Å². The van der Waals surface area contributed by atoms with Crippen molar-refractivity contribution < 1.29 is 9.32 Å². The Bertz CT molecular complexity index is 357. The van der Waals surface area contributed by atoms with Crippen LogP contribution in [0.25, 0.3) is 0 Å². The first-order chi connectivity index (χ1) is 6.90. The van der Waals surface area contributed by atoms with E-state index in [2.05, 4.69) is 5.16 Å². The molecule has 0 bridgehead atoms. The SMILES string of the molecule is Cc1oncc1C(=O)N(C)C(C)(C)CN. The fourth-order valence-corrected chi connectivity index (χ4v) is 1.10. The molecule has 1 heterocycles. The lowest BCUT2D eigenvalue weighted by Gasteiger charge is -2.34. The molecular weight excluding hydrogens is 194 g/mol. The first-order valence-electron chi connectivity index (χ1n) is 4.79. The van der Waals surface area contributed by atoms with Crippen molar-refractivity contribution in [2.75, 3.05) is 13.6 Å². The summed E-state index contributed by atoms with van der Waals surface area (Å²) in [6, 6.07) is 0. The second kappa shape index (κ2) is 4.02. The molecule has 0 saturated carbocycles. The first kappa shape index (κ1) is 11.7. The van der Waals surface area contributed by atoms with Crippen LogP contribution >= 0.6 is 0 Å². The van der Waals surface area contributed by atoms with E-state index in [1.165, 1.54) is 6.20 Å². The molecule has 0 unspecified atom stereocenters. The van der Waals surface area contributed by atoms with Gasteiger partial charge in [-0.05, 0) is 20.8 Å². The molecule has 5 heteroatoms. The van der Waals surface area contributed by atoms with E-state index in [0.29, 0.717) is 17.9 Å². The van der Waals surface area contributed by atoms with Gasteiger partial charge in [0.05, 0.1) is 6.20 Å². The fourth-order valence-electron chi connectivity index (χ4n) is 1.10. The number of nitrogens with zero attached hydrogens (tertiary/aromatic N) is 2. The minimum absolute atomic E-state index is 0.121. The number of amides is 1. The lowest BCUT2D eigenvalue weighted by molar-refractivity contribution is 0.0638. The highest BCUT2D eigenvalue weighted by atomic mass is 16.5. The van der Waals surface area contributed by atoms with E-state index < -0.39 is 0 Å². The van der Waals surface area contributed by atoms with Gasteiger partial charge in [-0.2, -0.15) is 0 Å². The van der Waals surface area contributed by atoms with Gasteiger partial charge in [-0.3, -0.25) is 4.79 Å². The summed E-state index contributed by atoms with van der Waals surface area (Å²) in [7, 11) is 1.72. The number of likely N-dealkylation sites (N-methyl/N-ethyl adjacent to an activating group) is 1. The third-order valence-electron chi connectivity index (χ3n) is 2.69. The number of rotatable bonds is 3. The summed E-state index contributed by atoms with van der Waals surface area (Å²) in [4.78, 5) is 13.6. The monoisotopic (exact) mass is 211 g/mol. The molecule has 1 aromatic rings. The quantitative estimate of drug-likeness (QED) is 0.802. The molecule has 1 rings (SSSR count). The maximum Gasteiger partial charge on any atom is 0.259 e. The average Bonchev–Trinajstić information content (AvgIpc) is 2.62. The van der Waals surface area contributed by atoms with E-state index >= 15 is 0 Å². The summed E-state index contributed by atoms with van der Waals surface area (Å²) < 4.78 is 4.85. The predicted octanol–water partition coefficient (Wildman–Crippen LogP) is 0.792. The van der Waals surface area contributed by atoms with Crippen LogP contribution in [0, 0.1) is 6.92 Å². The zero-order chi connectivity index (χ0) is 11.6. The van der Waals surface area contributed by atoms with Crippen molar-refractivity contribution in [1.82, 2.24) is 10.1 Å². The Morgan fingerprint density at radius 3 is 2.67 bits per heavy atom. The van der Waals surface area contributed by atoms with E-state index in [4.69, 9.17) is 10.3 Å². The van der Waals surface area contributed by atoms with Crippen LogP contribution in [0.2, 0.25) is 0 Å². The topological polar surface area (TPSA) is 72.4 Å². The number of carbonyl (C=O) groups is 1. The molecule has 0 aromatic carbocycles. The maximum absolute atomic E-state index is 12.0. The molecular formula is C10H17N3O2. The summed E-state index contributed by atoms with van der Waals surface area (Å²) in [5, 5.41) is 3.58. The largest absolute Gasteiger partial charge is 0.361 e. The molecule has 0 saturated heterocycles. The van der Waals surface area contributed by atoms with Crippen LogP contribution in [0.15, 0.2) is 10.7 Å². The molecule has 0 radical (unpaired) electrons. The zero-order valence-corrected chi connectivity index (χ0v) is 9.57. The average molecular weight is 211 g/mol.